The molecule has 0 spiro atoms. The number of nitrogens with zero attached hydrogens (tertiary/aromatic N) is 1. The van der Waals surface area contributed by atoms with Crippen LogP contribution in [0.15, 0.2) is 12.3 Å². The number of pyridine rings is 1. The Bertz CT molecular complexity index is 210. The van der Waals surface area contributed by atoms with Crippen LogP contribution in [-0.2, 0) is 0 Å². The fourth-order valence-electron chi connectivity index (χ4n) is 0.699. The maximum absolute atomic E-state index is 5.22. The van der Waals surface area contributed by atoms with Crippen molar-refractivity contribution in [1.29, 1.82) is 0 Å². The van der Waals surface area contributed by atoms with Gasteiger partial charge in [0.05, 0.1) is 6.61 Å². The maximum atomic E-state index is 5.22. The maximum Gasteiger partial charge on any atom is 0.150 e. The van der Waals surface area contributed by atoms with Crippen LogP contribution in [0.5, 0.6) is 5.75 Å². The third-order valence-electron chi connectivity index (χ3n) is 1.21. The van der Waals surface area contributed by atoms with Crippen LogP contribution in [0.1, 0.15) is 12.5 Å². The van der Waals surface area contributed by atoms with Crippen molar-refractivity contribution in [2.75, 3.05) is 6.61 Å². The molecule has 0 saturated heterocycles. The first-order valence-corrected chi connectivity index (χ1v) is 3.30. The fraction of sp³-hybridized carbons (Fsp3) is 0.375. The molecule has 0 saturated carbocycles. The smallest absolute Gasteiger partial charge is 0.150 e. The average Bonchev–Trinajstić information content (AvgIpc) is 1.94. The topological polar surface area (TPSA) is 22.1 Å². The summed E-state index contributed by atoms with van der Waals surface area (Å²) in [5.41, 5.74) is 1.08. The summed E-state index contributed by atoms with van der Waals surface area (Å²) in [7, 11) is 0. The molecule has 10 heavy (non-hydrogen) atoms. The van der Waals surface area contributed by atoms with Crippen LogP contribution in [0.3, 0.4) is 0 Å². The van der Waals surface area contributed by atoms with Crippen LogP contribution < -0.4 is 4.74 Å². The minimum atomic E-state index is 0.670. The Morgan fingerprint density at radius 3 is 3.10 bits per heavy atom. The molecular formula is C8H10NO. The van der Waals surface area contributed by atoms with E-state index in [1.165, 1.54) is 0 Å². The molecule has 0 N–H and O–H groups in total. The number of hydrogen-bond acceptors (Lipinski definition) is 2. The summed E-state index contributed by atoms with van der Waals surface area (Å²) in [6.07, 6.45) is 4.47. The average molecular weight is 136 g/mol. The summed E-state index contributed by atoms with van der Waals surface area (Å²) in [5.74, 6) is 0.755. The molecule has 2 heteroatoms. The third kappa shape index (κ3) is 1.47. The first-order chi connectivity index (χ1) is 4.84. The lowest BCUT2D eigenvalue weighted by Crippen LogP contribution is -1.94. The molecule has 1 heterocycles. The fourth-order valence-corrected chi connectivity index (χ4v) is 0.699. The molecule has 0 amide bonds. The molecular weight excluding hydrogens is 126 g/mol. The number of aryl methyl sites for hydroxylation is 1. The summed E-state index contributed by atoms with van der Waals surface area (Å²) >= 11 is 0. The zero-order chi connectivity index (χ0) is 7.40. The Balaban J connectivity index is 2.81. The van der Waals surface area contributed by atoms with Gasteiger partial charge >= 0.3 is 0 Å². The van der Waals surface area contributed by atoms with Crippen molar-refractivity contribution in [3.63, 3.8) is 0 Å². The van der Waals surface area contributed by atoms with Gasteiger partial charge in [-0.2, -0.15) is 0 Å². The minimum Gasteiger partial charge on any atom is -0.491 e. The van der Waals surface area contributed by atoms with E-state index >= 15 is 0 Å². The molecule has 0 bridgehead atoms. The van der Waals surface area contributed by atoms with Gasteiger partial charge in [-0.05, 0) is 25.5 Å². The van der Waals surface area contributed by atoms with E-state index in [0.29, 0.717) is 6.61 Å². The van der Waals surface area contributed by atoms with Gasteiger partial charge in [0.1, 0.15) is 11.9 Å². The molecule has 0 fully saturated rings. The standard InChI is InChI=1S/C8H10NO/c1-3-10-8-6-9-5-4-7(8)2/h4-5H,3H2,1-2H3. The largest absolute Gasteiger partial charge is 0.491 e. The van der Waals surface area contributed by atoms with E-state index in [-0.39, 0.29) is 0 Å². The molecule has 0 aliphatic heterocycles. The highest BCUT2D eigenvalue weighted by Crippen LogP contribution is 2.12. The van der Waals surface area contributed by atoms with Gasteiger partial charge in [0.25, 0.3) is 0 Å². The second-order valence-electron chi connectivity index (χ2n) is 2.00. The van der Waals surface area contributed by atoms with Gasteiger partial charge in [0.15, 0.2) is 0 Å². The number of ether oxygens (including phenoxy) is 1. The summed E-state index contributed by atoms with van der Waals surface area (Å²) in [5, 5.41) is 0. The van der Waals surface area contributed by atoms with Gasteiger partial charge in [0.2, 0.25) is 0 Å². The first kappa shape index (κ1) is 7.06. The van der Waals surface area contributed by atoms with Crippen molar-refractivity contribution < 1.29 is 4.74 Å². The quantitative estimate of drug-likeness (QED) is 0.616. The number of aromatic nitrogens is 1. The Kier molecular flexibility index (Phi) is 2.26. The van der Waals surface area contributed by atoms with Crippen molar-refractivity contribution in [3.05, 3.63) is 24.0 Å². The van der Waals surface area contributed by atoms with E-state index in [4.69, 9.17) is 4.74 Å². The third-order valence-corrected chi connectivity index (χ3v) is 1.21. The van der Waals surface area contributed by atoms with Gasteiger partial charge in [-0.1, -0.05) is 0 Å². The summed E-state index contributed by atoms with van der Waals surface area (Å²) < 4.78 is 5.22. The van der Waals surface area contributed by atoms with Crippen LogP contribution in [0.25, 0.3) is 0 Å². The van der Waals surface area contributed by atoms with Gasteiger partial charge in [-0.3, -0.25) is 4.98 Å². The Hall–Kier alpha value is -1.05. The normalized spacial score (nSPS) is 9.40. The van der Waals surface area contributed by atoms with Crippen molar-refractivity contribution in [2.24, 2.45) is 0 Å². The van der Waals surface area contributed by atoms with Crippen molar-refractivity contribution in [3.8, 4) is 5.75 Å². The first-order valence-electron chi connectivity index (χ1n) is 3.30. The molecule has 0 unspecified atom stereocenters. The highest BCUT2D eigenvalue weighted by atomic mass is 16.5. The predicted molar refractivity (Wildman–Crippen MR) is 39.0 cm³/mol. The SMILES string of the molecule is CCOc1[c]nccc1C. The van der Waals surface area contributed by atoms with E-state index in [1.807, 2.05) is 19.9 Å². The summed E-state index contributed by atoms with van der Waals surface area (Å²) in [6.45, 7) is 4.59. The molecule has 1 aromatic rings. The van der Waals surface area contributed by atoms with E-state index in [1.54, 1.807) is 6.20 Å². The summed E-state index contributed by atoms with van der Waals surface area (Å²) in [6, 6.07) is 1.90. The van der Waals surface area contributed by atoms with E-state index in [9.17, 15) is 0 Å². The molecule has 0 aromatic carbocycles. The number of hydrogen-bond donors (Lipinski definition) is 0. The predicted octanol–water partition coefficient (Wildman–Crippen LogP) is 1.59. The zero-order valence-corrected chi connectivity index (χ0v) is 6.22. The van der Waals surface area contributed by atoms with Crippen LogP contribution >= 0.6 is 0 Å². The number of rotatable bonds is 2. The Morgan fingerprint density at radius 2 is 2.50 bits per heavy atom. The van der Waals surface area contributed by atoms with Gasteiger partial charge in [-0.25, -0.2) is 0 Å². The van der Waals surface area contributed by atoms with Gasteiger partial charge in [-0.15, -0.1) is 0 Å². The summed E-state index contributed by atoms with van der Waals surface area (Å²) in [4.78, 5) is 3.81. The van der Waals surface area contributed by atoms with Crippen LogP contribution in [0.2, 0.25) is 0 Å². The molecule has 0 atom stereocenters. The molecule has 2 nitrogen and oxygen atoms in total. The van der Waals surface area contributed by atoms with Crippen molar-refractivity contribution >= 4 is 0 Å². The Labute approximate surface area is 60.9 Å². The van der Waals surface area contributed by atoms with Crippen molar-refractivity contribution in [2.45, 2.75) is 13.8 Å². The molecule has 1 rings (SSSR count). The zero-order valence-electron chi connectivity index (χ0n) is 6.22. The molecule has 0 aliphatic carbocycles. The monoisotopic (exact) mass is 136 g/mol. The van der Waals surface area contributed by atoms with Gasteiger partial charge in [0, 0.05) is 6.20 Å². The van der Waals surface area contributed by atoms with Crippen LogP contribution in [0.4, 0.5) is 0 Å². The highest BCUT2D eigenvalue weighted by Gasteiger charge is 1.95. The van der Waals surface area contributed by atoms with Crippen molar-refractivity contribution in [1.82, 2.24) is 4.98 Å². The van der Waals surface area contributed by atoms with E-state index in [2.05, 4.69) is 11.2 Å². The lowest BCUT2D eigenvalue weighted by molar-refractivity contribution is 0.335. The molecule has 0 aliphatic rings. The van der Waals surface area contributed by atoms with Gasteiger partial charge < -0.3 is 4.74 Å². The van der Waals surface area contributed by atoms with Crippen LogP contribution in [0, 0.1) is 13.1 Å². The molecule has 53 valence electrons. The minimum absolute atomic E-state index is 0.670. The molecule has 1 radical (unpaired) electrons. The highest BCUT2D eigenvalue weighted by molar-refractivity contribution is 5.26. The second-order valence-corrected chi connectivity index (χ2v) is 2.00. The molecule has 1 aromatic heterocycles. The Morgan fingerprint density at radius 1 is 1.70 bits per heavy atom. The lowest BCUT2D eigenvalue weighted by atomic mass is 10.3. The lowest BCUT2D eigenvalue weighted by Gasteiger charge is -2.02. The van der Waals surface area contributed by atoms with E-state index < -0.39 is 0 Å². The second kappa shape index (κ2) is 3.20. The van der Waals surface area contributed by atoms with Crippen LogP contribution in [-0.4, -0.2) is 11.6 Å². The van der Waals surface area contributed by atoms with E-state index in [0.717, 1.165) is 11.3 Å².